The number of nitrogens with zero attached hydrogens (tertiary/aromatic N) is 2. The minimum Gasteiger partial charge on any atom is -0.342 e. The quantitative estimate of drug-likeness (QED) is 0.725. The lowest BCUT2D eigenvalue weighted by Gasteiger charge is -2.36. The summed E-state index contributed by atoms with van der Waals surface area (Å²) < 4.78 is 0. The second-order valence-electron chi connectivity index (χ2n) is 6.93. The highest BCUT2D eigenvalue weighted by Gasteiger charge is 2.59. The summed E-state index contributed by atoms with van der Waals surface area (Å²) in [5.74, 6) is 0.827. The van der Waals surface area contributed by atoms with Crippen molar-refractivity contribution in [3.8, 4) is 0 Å². The molecule has 1 aliphatic carbocycles. The SMILES string of the molecule is CC1CCCN(C(=O)C2(C(=O)N3CCCCC3)CC2)C1. The molecule has 2 heterocycles. The van der Waals surface area contributed by atoms with Crippen molar-refractivity contribution in [2.24, 2.45) is 11.3 Å². The summed E-state index contributed by atoms with van der Waals surface area (Å²) in [5, 5.41) is 0. The molecule has 0 aromatic rings. The lowest BCUT2D eigenvalue weighted by Crippen LogP contribution is -2.50. The number of carbonyl (C=O) groups excluding carboxylic acids is 2. The third-order valence-electron chi connectivity index (χ3n) is 5.16. The van der Waals surface area contributed by atoms with Crippen LogP contribution < -0.4 is 0 Å². The van der Waals surface area contributed by atoms with Crippen LogP contribution in [0.4, 0.5) is 0 Å². The average Bonchev–Trinajstić information content (AvgIpc) is 3.28. The monoisotopic (exact) mass is 278 g/mol. The summed E-state index contributed by atoms with van der Waals surface area (Å²) in [6, 6.07) is 0. The average molecular weight is 278 g/mol. The van der Waals surface area contributed by atoms with E-state index in [0.29, 0.717) is 5.92 Å². The third kappa shape index (κ3) is 2.45. The van der Waals surface area contributed by atoms with E-state index in [1.807, 2.05) is 9.80 Å². The van der Waals surface area contributed by atoms with Crippen molar-refractivity contribution >= 4 is 11.8 Å². The van der Waals surface area contributed by atoms with Crippen LogP contribution in [0.3, 0.4) is 0 Å². The summed E-state index contributed by atoms with van der Waals surface area (Å²) in [6.07, 6.45) is 7.23. The van der Waals surface area contributed by atoms with E-state index in [2.05, 4.69) is 6.92 Å². The number of carbonyl (C=O) groups is 2. The molecule has 20 heavy (non-hydrogen) atoms. The first kappa shape index (κ1) is 13.9. The van der Waals surface area contributed by atoms with E-state index >= 15 is 0 Å². The second-order valence-corrected chi connectivity index (χ2v) is 6.93. The largest absolute Gasteiger partial charge is 0.342 e. The normalized spacial score (nSPS) is 29.1. The molecule has 1 unspecified atom stereocenters. The third-order valence-corrected chi connectivity index (χ3v) is 5.16. The number of piperidine rings is 2. The number of hydrogen-bond acceptors (Lipinski definition) is 2. The Hall–Kier alpha value is -1.06. The van der Waals surface area contributed by atoms with Crippen LogP contribution in [0, 0.1) is 11.3 Å². The first-order chi connectivity index (χ1) is 9.63. The lowest BCUT2D eigenvalue weighted by molar-refractivity contribution is -0.151. The Morgan fingerprint density at radius 1 is 0.900 bits per heavy atom. The van der Waals surface area contributed by atoms with Gasteiger partial charge in [0.25, 0.3) is 0 Å². The molecule has 2 amide bonds. The van der Waals surface area contributed by atoms with E-state index in [4.69, 9.17) is 0 Å². The van der Waals surface area contributed by atoms with Gasteiger partial charge in [-0.25, -0.2) is 0 Å². The van der Waals surface area contributed by atoms with Crippen LogP contribution in [0.1, 0.15) is 51.9 Å². The van der Waals surface area contributed by atoms with E-state index < -0.39 is 5.41 Å². The minimum absolute atomic E-state index is 0.125. The first-order valence-electron chi connectivity index (χ1n) is 8.22. The molecule has 0 aromatic carbocycles. The summed E-state index contributed by atoms with van der Waals surface area (Å²) in [7, 11) is 0. The summed E-state index contributed by atoms with van der Waals surface area (Å²) in [6.45, 7) is 5.59. The Kier molecular flexibility index (Phi) is 3.74. The standard InChI is InChI=1S/C16H26N2O2/c1-13-6-5-11-18(12-13)15(20)16(7-8-16)14(19)17-9-3-2-4-10-17/h13H,2-12H2,1H3. The molecule has 0 aromatic heterocycles. The second kappa shape index (κ2) is 5.38. The van der Waals surface area contributed by atoms with Crippen molar-refractivity contribution in [1.29, 1.82) is 0 Å². The molecule has 0 N–H and O–H groups in total. The van der Waals surface area contributed by atoms with Crippen LogP contribution >= 0.6 is 0 Å². The molecule has 0 bridgehead atoms. The number of amides is 2. The molecule has 3 aliphatic rings. The van der Waals surface area contributed by atoms with Gasteiger partial charge in [-0.1, -0.05) is 6.92 Å². The van der Waals surface area contributed by atoms with Crippen LogP contribution in [0.25, 0.3) is 0 Å². The highest BCUT2D eigenvalue weighted by atomic mass is 16.2. The highest BCUT2D eigenvalue weighted by Crippen LogP contribution is 2.49. The van der Waals surface area contributed by atoms with Crippen molar-refractivity contribution in [2.75, 3.05) is 26.2 Å². The van der Waals surface area contributed by atoms with Crippen molar-refractivity contribution in [2.45, 2.75) is 51.9 Å². The van der Waals surface area contributed by atoms with Crippen LogP contribution in [0.15, 0.2) is 0 Å². The maximum absolute atomic E-state index is 12.8. The zero-order valence-electron chi connectivity index (χ0n) is 12.6. The molecule has 4 nitrogen and oxygen atoms in total. The van der Waals surface area contributed by atoms with Gasteiger partial charge >= 0.3 is 0 Å². The Bertz CT molecular complexity index is 397. The summed E-state index contributed by atoms with van der Waals surface area (Å²) in [4.78, 5) is 29.4. The van der Waals surface area contributed by atoms with Crippen molar-refractivity contribution in [3.05, 3.63) is 0 Å². The van der Waals surface area contributed by atoms with Gasteiger partial charge in [-0.15, -0.1) is 0 Å². The molecule has 3 rings (SSSR count). The number of rotatable bonds is 2. The van der Waals surface area contributed by atoms with Gasteiger partial charge in [0.15, 0.2) is 0 Å². The van der Waals surface area contributed by atoms with Gasteiger partial charge in [0, 0.05) is 26.2 Å². The predicted molar refractivity (Wildman–Crippen MR) is 77.1 cm³/mol. The molecule has 3 fully saturated rings. The van der Waals surface area contributed by atoms with Crippen LogP contribution in [-0.4, -0.2) is 47.8 Å². The molecular formula is C16H26N2O2. The predicted octanol–water partition coefficient (Wildman–Crippen LogP) is 2.04. The zero-order chi connectivity index (χ0) is 14.2. The lowest BCUT2D eigenvalue weighted by atomic mass is 9.96. The molecular weight excluding hydrogens is 252 g/mol. The molecule has 2 saturated heterocycles. The molecule has 2 aliphatic heterocycles. The van der Waals surface area contributed by atoms with E-state index in [1.54, 1.807) is 0 Å². The number of likely N-dealkylation sites (tertiary alicyclic amines) is 2. The van der Waals surface area contributed by atoms with Crippen LogP contribution in [0.5, 0.6) is 0 Å². The Morgan fingerprint density at radius 2 is 1.50 bits per heavy atom. The maximum atomic E-state index is 12.8. The Balaban J connectivity index is 1.68. The van der Waals surface area contributed by atoms with Crippen molar-refractivity contribution in [1.82, 2.24) is 9.80 Å². The smallest absolute Gasteiger partial charge is 0.238 e. The van der Waals surface area contributed by atoms with Crippen molar-refractivity contribution in [3.63, 3.8) is 0 Å². The molecule has 1 atom stereocenters. The zero-order valence-corrected chi connectivity index (χ0v) is 12.6. The van der Waals surface area contributed by atoms with E-state index in [1.165, 1.54) is 12.8 Å². The Labute approximate surface area is 121 Å². The fourth-order valence-corrected chi connectivity index (χ4v) is 3.72. The maximum Gasteiger partial charge on any atom is 0.238 e. The van der Waals surface area contributed by atoms with Gasteiger partial charge in [-0.05, 0) is 50.9 Å². The van der Waals surface area contributed by atoms with Crippen LogP contribution in [0.2, 0.25) is 0 Å². The summed E-state index contributed by atoms with van der Waals surface area (Å²) >= 11 is 0. The van der Waals surface area contributed by atoms with Crippen molar-refractivity contribution < 1.29 is 9.59 Å². The van der Waals surface area contributed by atoms with Gasteiger partial charge < -0.3 is 9.80 Å². The molecule has 112 valence electrons. The van der Waals surface area contributed by atoms with E-state index in [-0.39, 0.29) is 11.8 Å². The topological polar surface area (TPSA) is 40.6 Å². The number of hydrogen-bond donors (Lipinski definition) is 0. The molecule has 0 spiro atoms. The van der Waals surface area contributed by atoms with Gasteiger partial charge in [-0.2, -0.15) is 0 Å². The van der Waals surface area contributed by atoms with Gasteiger partial charge in [0.05, 0.1) is 0 Å². The fraction of sp³-hybridized carbons (Fsp3) is 0.875. The van der Waals surface area contributed by atoms with Crippen LogP contribution in [-0.2, 0) is 9.59 Å². The Morgan fingerprint density at radius 3 is 2.10 bits per heavy atom. The van der Waals surface area contributed by atoms with Gasteiger partial charge in [-0.3, -0.25) is 9.59 Å². The van der Waals surface area contributed by atoms with Gasteiger partial charge in [0.1, 0.15) is 5.41 Å². The highest BCUT2D eigenvalue weighted by molar-refractivity contribution is 6.07. The van der Waals surface area contributed by atoms with E-state index in [9.17, 15) is 9.59 Å². The molecule has 1 saturated carbocycles. The van der Waals surface area contributed by atoms with E-state index in [0.717, 1.165) is 58.3 Å². The molecule has 4 heteroatoms. The van der Waals surface area contributed by atoms with Gasteiger partial charge in [0.2, 0.25) is 11.8 Å². The molecule has 0 radical (unpaired) electrons. The summed E-state index contributed by atoms with van der Waals surface area (Å²) in [5.41, 5.74) is -0.658. The first-order valence-corrected chi connectivity index (χ1v) is 8.22. The fourth-order valence-electron chi connectivity index (χ4n) is 3.72. The minimum atomic E-state index is -0.658.